The van der Waals surface area contributed by atoms with Gasteiger partial charge < -0.3 is 4.90 Å². The Morgan fingerprint density at radius 1 is 1.50 bits per heavy atom. The van der Waals surface area contributed by atoms with Crippen LogP contribution in [0.1, 0.15) is 32.8 Å². The molecule has 0 spiro atoms. The summed E-state index contributed by atoms with van der Waals surface area (Å²) < 4.78 is 0. The first kappa shape index (κ1) is 13.2. The Morgan fingerprint density at radius 3 is 2.78 bits per heavy atom. The van der Waals surface area contributed by atoms with Crippen LogP contribution >= 0.6 is 11.6 Å². The van der Waals surface area contributed by atoms with E-state index in [0.717, 1.165) is 25.3 Å². The van der Waals surface area contributed by atoms with Crippen LogP contribution in [-0.4, -0.2) is 18.1 Å². The van der Waals surface area contributed by atoms with Crippen molar-refractivity contribution in [1.82, 2.24) is 4.98 Å². The number of aromatic nitrogens is 1. The van der Waals surface area contributed by atoms with Crippen LogP contribution in [-0.2, 0) is 0 Å². The third-order valence-electron chi connectivity index (χ3n) is 3.70. The smallest absolute Gasteiger partial charge is 0.148 e. The summed E-state index contributed by atoms with van der Waals surface area (Å²) >= 11 is 6.22. The summed E-state index contributed by atoms with van der Waals surface area (Å²) in [4.78, 5) is 6.52. The molecule has 2 heterocycles. The molecule has 1 aliphatic rings. The number of anilines is 1. The lowest BCUT2D eigenvalue weighted by Crippen LogP contribution is -2.26. The first-order valence-electron chi connectivity index (χ1n) is 6.23. The number of pyridine rings is 1. The number of nitriles is 1. The van der Waals surface area contributed by atoms with Crippen LogP contribution in [0, 0.1) is 22.7 Å². The number of nitrogens with zero attached hydrogens (tertiary/aromatic N) is 3. The maximum Gasteiger partial charge on any atom is 0.148 e. The molecule has 0 aliphatic carbocycles. The first-order valence-corrected chi connectivity index (χ1v) is 6.61. The van der Waals surface area contributed by atoms with Crippen LogP contribution in [0.15, 0.2) is 12.3 Å². The van der Waals surface area contributed by atoms with Gasteiger partial charge in [-0.1, -0.05) is 32.4 Å². The van der Waals surface area contributed by atoms with Crippen LogP contribution in [0.4, 0.5) is 5.82 Å². The quantitative estimate of drug-likeness (QED) is 0.779. The molecule has 96 valence electrons. The summed E-state index contributed by atoms with van der Waals surface area (Å²) in [5, 5.41) is 9.47. The monoisotopic (exact) mass is 263 g/mol. The molecule has 0 amide bonds. The van der Waals surface area contributed by atoms with E-state index in [-0.39, 0.29) is 0 Å². The van der Waals surface area contributed by atoms with Gasteiger partial charge >= 0.3 is 0 Å². The Morgan fingerprint density at radius 2 is 2.22 bits per heavy atom. The molecule has 1 aromatic heterocycles. The van der Waals surface area contributed by atoms with Crippen LogP contribution in [0.5, 0.6) is 0 Å². The molecule has 0 radical (unpaired) electrons. The van der Waals surface area contributed by atoms with Crippen LogP contribution in [0.25, 0.3) is 0 Å². The zero-order valence-corrected chi connectivity index (χ0v) is 11.8. The van der Waals surface area contributed by atoms with Crippen LogP contribution in [0.3, 0.4) is 0 Å². The Kier molecular flexibility index (Phi) is 3.49. The molecule has 2 rings (SSSR count). The number of halogens is 1. The highest BCUT2D eigenvalue weighted by molar-refractivity contribution is 6.34. The van der Waals surface area contributed by atoms with E-state index in [1.807, 2.05) is 0 Å². The van der Waals surface area contributed by atoms with Crippen LogP contribution in [0.2, 0.25) is 5.02 Å². The Balaban J connectivity index is 2.23. The minimum absolute atomic E-state index is 0.300. The molecule has 18 heavy (non-hydrogen) atoms. The summed E-state index contributed by atoms with van der Waals surface area (Å²) in [7, 11) is 0. The van der Waals surface area contributed by atoms with Gasteiger partial charge in [0.25, 0.3) is 0 Å². The van der Waals surface area contributed by atoms with Gasteiger partial charge in [-0.3, -0.25) is 0 Å². The number of hydrogen-bond acceptors (Lipinski definition) is 3. The predicted octanol–water partition coefficient (Wildman–Crippen LogP) is 3.48. The van der Waals surface area contributed by atoms with Gasteiger partial charge in [0.05, 0.1) is 5.56 Å². The van der Waals surface area contributed by atoms with Gasteiger partial charge in [-0.15, -0.1) is 0 Å². The van der Waals surface area contributed by atoms with Crippen molar-refractivity contribution >= 4 is 17.4 Å². The van der Waals surface area contributed by atoms with Crippen molar-refractivity contribution in [3.05, 3.63) is 22.8 Å². The summed E-state index contributed by atoms with van der Waals surface area (Å²) in [6.45, 7) is 8.72. The topological polar surface area (TPSA) is 39.9 Å². The zero-order valence-electron chi connectivity index (χ0n) is 11.1. The largest absolute Gasteiger partial charge is 0.355 e. The van der Waals surface area contributed by atoms with Crippen molar-refractivity contribution in [2.75, 3.05) is 18.0 Å². The standard InChI is InChI=1S/C14H18ClN3/c1-14(2,3)11-5-7-18(9-11)13-12(15)10(8-16)4-6-17-13/h4,6,11H,5,7,9H2,1-3H3. The fourth-order valence-electron chi connectivity index (χ4n) is 2.40. The van der Waals surface area contributed by atoms with Crippen LogP contribution < -0.4 is 4.90 Å². The summed E-state index contributed by atoms with van der Waals surface area (Å²) in [5.41, 5.74) is 0.800. The summed E-state index contributed by atoms with van der Waals surface area (Å²) in [6.07, 6.45) is 2.81. The van der Waals surface area contributed by atoms with Crippen molar-refractivity contribution in [3.63, 3.8) is 0 Å². The fraction of sp³-hybridized carbons (Fsp3) is 0.571. The Labute approximate surface area is 113 Å². The average Bonchev–Trinajstić information content (AvgIpc) is 2.78. The highest BCUT2D eigenvalue weighted by Gasteiger charge is 2.33. The predicted molar refractivity (Wildman–Crippen MR) is 73.7 cm³/mol. The molecule has 1 aromatic rings. The van der Waals surface area contributed by atoms with Gasteiger partial charge in [-0.25, -0.2) is 4.98 Å². The minimum atomic E-state index is 0.300. The molecule has 1 atom stereocenters. The van der Waals surface area contributed by atoms with E-state index in [1.165, 1.54) is 0 Å². The zero-order chi connectivity index (χ0) is 13.3. The Hall–Kier alpha value is -1.27. The van der Waals surface area contributed by atoms with Gasteiger partial charge in [0.1, 0.15) is 16.9 Å². The third kappa shape index (κ3) is 2.44. The molecular weight excluding hydrogens is 246 g/mol. The number of rotatable bonds is 1. The second kappa shape index (κ2) is 4.78. The highest BCUT2D eigenvalue weighted by atomic mass is 35.5. The van der Waals surface area contributed by atoms with Crippen molar-refractivity contribution in [2.24, 2.45) is 11.3 Å². The molecule has 0 N–H and O–H groups in total. The third-order valence-corrected chi connectivity index (χ3v) is 4.08. The van der Waals surface area contributed by atoms with Gasteiger partial charge in [-0.2, -0.15) is 5.26 Å². The first-order chi connectivity index (χ1) is 8.43. The molecule has 1 saturated heterocycles. The van der Waals surface area contributed by atoms with Crippen molar-refractivity contribution in [1.29, 1.82) is 5.26 Å². The summed E-state index contributed by atoms with van der Waals surface area (Å²) in [6, 6.07) is 3.76. The van der Waals surface area contributed by atoms with Gasteiger partial charge in [-0.05, 0) is 23.8 Å². The minimum Gasteiger partial charge on any atom is -0.355 e. The molecule has 0 aromatic carbocycles. The molecular formula is C14H18ClN3. The molecule has 1 unspecified atom stereocenters. The van der Waals surface area contributed by atoms with E-state index in [0.29, 0.717) is 21.9 Å². The molecule has 3 nitrogen and oxygen atoms in total. The van der Waals surface area contributed by atoms with E-state index in [1.54, 1.807) is 12.3 Å². The van der Waals surface area contributed by atoms with Crippen molar-refractivity contribution < 1.29 is 0 Å². The van der Waals surface area contributed by atoms with E-state index in [4.69, 9.17) is 16.9 Å². The number of hydrogen-bond donors (Lipinski definition) is 0. The normalized spacial score (nSPS) is 19.9. The van der Waals surface area contributed by atoms with Gasteiger partial charge in [0, 0.05) is 19.3 Å². The Bertz CT molecular complexity index is 485. The second-order valence-corrected chi connectivity index (χ2v) is 6.28. The highest BCUT2D eigenvalue weighted by Crippen LogP contribution is 2.37. The van der Waals surface area contributed by atoms with E-state index >= 15 is 0 Å². The molecule has 0 bridgehead atoms. The van der Waals surface area contributed by atoms with Gasteiger partial charge in [0.2, 0.25) is 0 Å². The molecule has 1 fully saturated rings. The molecule has 4 heteroatoms. The summed E-state index contributed by atoms with van der Waals surface area (Å²) in [5.74, 6) is 1.39. The average molecular weight is 264 g/mol. The lowest BCUT2D eigenvalue weighted by molar-refractivity contribution is 0.263. The van der Waals surface area contributed by atoms with Crippen molar-refractivity contribution in [3.8, 4) is 6.07 Å². The SMILES string of the molecule is CC(C)(C)C1CCN(c2nccc(C#N)c2Cl)C1. The lowest BCUT2D eigenvalue weighted by Gasteiger charge is -2.27. The van der Waals surface area contributed by atoms with E-state index in [2.05, 4.69) is 36.7 Å². The van der Waals surface area contributed by atoms with E-state index < -0.39 is 0 Å². The molecule has 1 aliphatic heterocycles. The maximum atomic E-state index is 8.99. The maximum absolute atomic E-state index is 8.99. The van der Waals surface area contributed by atoms with Crippen molar-refractivity contribution in [2.45, 2.75) is 27.2 Å². The van der Waals surface area contributed by atoms with Gasteiger partial charge in [0.15, 0.2) is 0 Å². The fourth-order valence-corrected chi connectivity index (χ4v) is 2.67. The second-order valence-electron chi connectivity index (χ2n) is 5.91. The lowest BCUT2D eigenvalue weighted by atomic mass is 9.80. The molecule has 0 saturated carbocycles. The van der Waals surface area contributed by atoms with E-state index in [9.17, 15) is 0 Å².